The Morgan fingerprint density at radius 3 is 2.45 bits per heavy atom. The topological polar surface area (TPSA) is 112 Å². The molecule has 1 aromatic heterocycles. The maximum absolute atomic E-state index is 13.0. The number of hydrogen-bond acceptors (Lipinski definition) is 7. The third-order valence-electron chi connectivity index (χ3n) is 4.46. The minimum atomic E-state index is -4.76. The van der Waals surface area contributed by atoms with Gasteiger partial charge < -0.3 is 14.8 Å². The van der Waals surface area contributed by atoms with Crippen LogP contribution in [-0.4, -0.2) is 50.1 Å². The van der Waals surface area contributed by atoms with Gasteiger partial charge in [-0.2, -0.15) is 8.42 Å². The number of ether oxygens (including phenoxy) is 2. The van der Waals surface area contributed by atoms with Gasteiger partial charge in [0, 0.05) is 12.1 Å². The van der Waals surface area contributed by atoms with Crippen molar-refractivity contribution in [2.24, 2.45) is 0 Å². The summed E-state index contributed by atoms with van der Waals surface area (Å²) in [5, 5.41) is 10.7. The molecule has 0 bridgehead atoms. The summed E-state index contributed by atoms with van der Waals surface area (Å²) in [6.07, 6.45) is 2.16. The monoisotopic (exact) mass is 448 g/mol. The maximum atomic E-state index is 13.0. The molecule has 2 aromatic carbocycles. The normalized spacial score (nSPS) is 11.2. The fourth-order valence-corrected chi connectivity index (χ4v) is 3.34. The molecule has 31 heavy (non-hydrogen) atoms. The largest absolute Gasteiger partial charge is 0.493 e. The lowest BCUT2D eigenvalue weighted by Gasteiger charge is -2.10. The third kappa shape index (κ3) is 5.79. The van der Waals surface area contributed by atoms with E-state index in [1.165, 1.54) is 16.8 Å². The molecule has 1 heterocycles. The Kier molecular flexibility index (Phi) is 6.85. The molecule has 0 saturated carbocycles. The summed E-state index contributed by atoms with van der Waals surface area (Å²) < 4.78 is 46.6. The second kappa shape index (κ2) is 9.56. The number of amides is 1. The maximum Gasteiger partial charge on any atom is 0.332 e. The van der Waals surface area contributed by atoms with Gasteiger partial charge >= 0.3 is 10.2 Å². The first-order valence-electron chi connectivity index (χ1n) is 9.23. The lowest BCUT2D eigenvalue weighted by atomic mass is 10.1. The number of aromatic nitrogens is 3. The molecule has 3 aromatic rings. The van der Waals surface area contributed by atoms with Crippen LogP contribution in [0.2, 0.25) is 0 Å². The summed E-state index contributed by atoms with van der Waals surface area (Å²) in [5.41, 5.74) is 1.97. The molecular formula is C20H21FN4O5S. The Hall–Kier alpha value is -3.47. The lowest BCUT2D eigenvalue weighted by molar-refractivity contribution is -0.121. The smallest absolute Gasteiger partial charge is 0.332 e. The molecule has 3 rings (SSSR count). The SMILES string of the molecule is COc1ccc(CCNC(=O)Cn2cc(-c3ccc(S(=O)(=O)F)cc3)nn2)cc1OC. The number of carbonyl (C=O) groups is 1. The van der Waals surface area contributed by atoms with Crippen molar-refractivity contribution in [3.8, 4) is 22.8 Å². The van der Waals surface area contributed by atoms with Gasteiger partial charge in [0.1, 0.15) is 12.2 Å². The van der Waals surface area contributed by atoms with Crippen molar-refractivity contribution in [1.29, 1.82) is 0 Å². The van der Waals surface area contributed by atoms with Crippen molar-refractivity contribution in [2.45, 2.75) is 17.9 Å². The second-order valence-electron chi connectivity index (χ2n) is 6.55. The Labute approximate surface area is 179 Å². The van der Waals surface area contributed by atoms with Crippen LogP contribution in [0.4, 0.5) is 3.89 Å². The van der Waals surface area contributed by atoms with Gasteiger partial charge in [0.05, 0.1) is 25.3 Å². The van der Waals surface area contributed by atoms with E-state index >= 15 is 0 Å². The van der Waals surface area contributed by atoms with E-state index in [2.05, 4.69) is 15.6 Å². The molecular weight excluding hydrogens is 427 g/mol. The van der Waals surface area contributed by atoms with E-state index in [9.17, 15) is 17.1 Å². The van der Waals surface area contributed by atoms with Gasteiger partial charge in [-0.25, -0.2) is 4.68 Å². The van der Waals surface area contributed by atoms with Crippen molar-refractivity contribution in [3.05, 3.63) is 54.2 Å². The number of methoxy groups -OCH3 is 2. The van der Waals surface area contributed by atoms with Gasteiger partial charge in [-0.3, -0.25) is 4.79 Å². The van der Waals surface area contributed by atoms with Crippen molar-refractivity contribution < 1.29 is 26.6 Å². The van der Waals surface area contributed by atoms with Crippen molar-refractivity contribution in [2.75, 3.05) is 20.8 Å². The molecule has 0 radical (unpaired) electrons. The average molecular weight is 448 g/mol. The first-order chi connectivity index (χ1) is 14.8. The quantitative estimate of drug-likeness (QED) is 0.498. The molecule has 11 heteroatoms. The van der Waals surface area contributed by atoms with Crippen LogP contribution < -0.4 is 14.8 Å². The highest BCUT2D eigenvalue weighted by molar-refractivity contribution is 7.86. The van der Waals surface area contributed by atoms with Crippen LogP contribution in [0, 0.1) is 0 Å². The van der Waals surface area contributed by atoms with E-state index in [4.69, 9.17) is 9.47 Å². The molecule has 164 valence electrons. The van der Waals surface area contributed by atoms with Gasteiger partial charge in [-0.15, -0.1) is 8.98 Å². The predicted molar refractivity (Wildman–Crippen MR) is 110 cm³/mol. The molecule has 0 saturated heterocycles. The number of nitrogens with zero attached hydrogens (tertiary/aromatic N) is 3. The van der Waals surface area contributed by atoms with Crippen LogP contribution in [-0.2, 0) is 28.0 Å². The molecule has 1 N–H and O–H groups in total. The highest BCUT2D eigenvalue weighted by Crippen LogP contribution is 2.27. The van der Waals surface area contributed by atoms with E-state index in [0.717, 1.165) is 17.7 Å². The summed E-state index contributed by atoms with van der Waals surface area (Å²) in [4.78, 5) is 11.7. The van der Waals surface area contributed by atoms with Gasteiger partial charge in [0.2, 0.25) is 5.91 Å². The van der Waals surface area contributed by atoms with E-state index < -0.39 is 15.1 Å². The van der Waals surface area contributed by atoms with E-state index in [1.807, 2.05) is 18.2 Å². The lowest BCUT2D eigenvalue weighted by Crippen LogP contribution is -2.29. The number of rotatable bonds is 9. The zero-order valence-electron chi connectivity index (χ0n) is 16.9. The fraction of sp³-hybridized carbons (Fsp3) is 0.250. The summed E-state index contributed by atoms with van der Waals surface area (Å²) in [6, 6.07) is 10.7. The van der Waals surface area contributed by atoms with Crippen LogP contribution in [0.25, 0.3) is 11.3 Å². The number of nitrogens with one attached hydrogen (secondary N) is 1. The van der Waals surface area contributed by atoms with E-state index in [1.54, 1.807) is 20.4 Å². The summed E-state index contributed by atoms with van der Waals surface area (Å²) >= 11 is 0. The van der Waals surface area contributed by atoms with E-state index in [0.29, 0.717) is 35.7 Å². The Morgan fingerprint density at radius 1 is 1.10 bits per heavy atom. The first-order valence-corrected chi connectivity index (χ1v) is 10.6. The van der Waals surface area contributed by atoms with Crippen molar-refractivity contribution in [1.82, 2.24) is 20.3 Å². The van der Waals surface area contributed by atoms with Crippen LogP contribution in [0.1, 0.15) is 5.56 Å². The van der Waals surface area contributed by atoms with Crippen LogP contribution in [0.15, 0.2) is 53.6 Å². The van der Waals surface area contributed by atoms with Gasteiger partial charge in [-0.1, -0.05) is 23.4 Å². The van der Waals surface area contributed by atoms with Crippen molar-refractivity contribution >= 4 is 16.1 Å². The molecule has 1 amide bonds. The van der Waals surface area contributed by atoms with E-state index in [-0.39, 0.29) is 12.5 Å². The fourth-order valence-electron chi connectivity index (χ4n) is 2.88. The molecule has 0 aliphatic rings. The Bertz CT molecular complexity index is 1160. The molecule has 0 aliphatic heterocycles. The highest BCUT2D eigenvalue weighted by atomic mass is 32.3. The number of benzene rings is 2. The predicted octanol–water partition coefficient (Wildman–Crippen LogP) is 1.98. The molecule has 0 fully saturated rings. The molecule has 9 nitrogen and oxygen atoms in total. The standard InChI is InChI=1S/C20H21FN4O5S/c1-29-18-8-3-14(11-19(18)30-2)9-10-22-20(26)13-25-12-17(23-24-25)15-4-6-16(7-5-15)31(21,27)28/h3-8,11-12H,9-10,13H2,1-2H3,(H,22,26). The number of hydrogen-bond donors (Lipinski definition) is 1. The summed E-state index contributed by atoms with van der Waals surface area (Å²) in [6.45, 7) is 0.394. The average Bonchev–Trinajstić information content (AvgIpc) is 3.21. The molecule has 0 aliphatic carbocycles. The zero-order chi connectivity index (χ0) is 22.4. The minimum Gasteiger partial charge on any atom is -0.493 e. The zero-order valence-corrected chi connectivity index (χ0v) is 17.7. The Morgan fingerprint density at radius 2 is 1.81 bits per heavy atom. The van der Waals surface area contributed by atoms with Crippen LogP contribution in [0.3, 0.4) is 0 Å². The summed E-state index contributed by atoms with van der Waals surface area (Å²) in [7, 11) is -1.63. The Balaban J connectivity index is 1.53. The highest BCUT2D eigenvalue weighted by Gasteiger charge is 2.13. The molecule has 0 spiro atoms. The van der Waals surface area contributed by atoms with Gasteiger partial charge in [-0.05, 0) is 36.2 Å². The summed E-state index contributed by atoms with van der Waals surface area (Å²) in [5.74, 6) is 1.02. The number of carbonyl (C=O) groups excluding carboxylic acids is 1. The first kappa shape index (κ1) is 22.2. The molecule has 0 atom stereocenters. The van der Waals surface area contributed by atoms with Crippen molar-refractivity contribution in [3.63, 3.8) is 0 Å². The minimum absolute atomic E-state index is 0.0319. The van der Waals surface area contributed by atoms with Crippen LogP contribution in [0.5, 0.6) is 11.5 Å². The van der Waals surface area contributed by atoms with Crippen LogP contribution >= 0.6 is 0 Å². The molecule has 0 unspecified atom stereocenters. The number of halogens is 1. The second-order valence-corrected chi connectivity index (χ2v) is 7.90. The third-order valence-corrected chi connectivity index (χ3v) is 5.29. The van der Waals surface area contributed by atoms with Gasteiger partial charge in [0.15, 0.2) is 11.5 Å². The van der Waals surface area contributed by atoms with Gasteiger partial charge in [0.25, 0.3) is 0 Å².